The van der Waals surface area contributed by atoms with Crippen LogP contribution in [0.3, 0.4) is 0 Å². The van der Waals surface area contributed by atoms with Gasteiger partial charge in [0.05, 0.1) is 12.2 Å². The molecule has 2 amide bonds. The van der Waals surface area contributed by atoms with Gasteiger partial charge in [-0.3, -0.25) is 9.59 Å². The number of hydrogen-bond donors (Lipinski definition) is 5. The average Bonchev–Trinajstić information content (AvgIpc) is 3.54. The predicted molar refractivity (Wildman–Crippen MR) is 122 cm³/mol. The Kier molecular flexibility index (Phi) is 5.29. The van der Waals surface area contributed by atoms with E-state index in [2.05, 4.69) is 48.0 Å². The summed E-state index contributed by atoms with van der Waals surface area (Å²) < 4.78 is 5.50. The van der Waals surface area contributed by atoms with Crippen LogP contribution in [0.25, 0.3) is 11.2 Å². The number of primary amides is 1. The highest BCUT2D eigenvalue weighted by Crippen LogP contribution is 2.45. The lowest BCUT2D eigenvalue weighted by Crippen LogP contribution is -2.41. The number of nitrogens with one attached hydrogen (secondary N) is 4. The SMILES string of the molecule is CNC(=O)COc1cccc(Nc2nc(N[C@H]3[C@@H](C(N)=O)[C@@H]4C=C[C@H]3C4)c3[nH]cnc3n2)c1. The van der Waals surface area contributed by atoms with Crippen LogP contribution in [0.2, 0.25) is 0 Å². The van der Waals surface area contributed by atoms with Crippen molar-refractivity contribution in [2.75, 3.05) is 24.3 Å². The Hall–Kier alpha value is -4.15. The van der Waals surface area contributed by atoms with Gasteiger partial charge in [0.15, 0.2) is 18.1 Å². The van der Waals surface area contributed by atoms with Crippen LogP contribution in [0.1, 0.15) is 6.42 Å². The van der Waals surface area contributed by atoms with E-state index in [1.165, 1.54) is 0 Å². The van der Waals surface area contributed by atoms with Gasteiger partial charge in [-0.25, -0.2) is 4.98 Å². The number of fused-ring (bicyclic) bond motifs is 3. The second kappa shape index (κ2) is 8.41. The van der Waals surface area contributed by atoms with Crippen molar-refractivity contribution in [2.45, 2.75) is 12.5 Å². The highest BCUT2D eigenvalue weighted by atomic mass is 16.5. The van der Waals surface area contributed by atoms with E-state index in [0.29, 0.717) is 34.4 Å². The van der Waals surface area contributed by atoms with E-state index in [-0.39, 0.29) is 42.2 Å². The molecular weight excluding hydrogens is 424 g/mol. The van der Waals surface area contributed by atoms with Crippen molar-refractivity contribution in [3.63, 3.8) is 0 Å². The summed E-state index contributed by atoms with van der Waals surface area (Å²) in [6.45, 7) is -0.0806. The summed E-state index contributed by atoms with van der Waals surface area (Å²) in [5.74, 6) is 0.941. The fraction of sp³-hybridized carbons (Fsp3) is 0.318. The Bertz CT molecular complexity index is 1240. The van der Waals surface area contributed by atoms with Crippen molar-refractivity contribution >= 4 is 40.4 Å². The van der Waals surface area contributed by atoms with E-state index in [4.69, 9.17) is 10.5 Å². The highest BCUT2D eigenvalue weighted by molar-refractivity contribution is 5.85. The zero-order chi connectivity index (χ0) is 22.9. The molecule has 6 N–H and O–H groups in total. The number of hydrogen-bond acceptors (Lipinski definition) is 8. The topological polar surface area (TPSA) is 160 Å². The van der Waals surface area contributed by atoms with Gasteiger partial charge in [0.25, 0.3) is 5.91 Å². The number of amides is 2. The van der Waals surface area contributed by atoms with Crippen LogP contribution >= 0.6 is 0 Å². The van der Waals surface area contributed by atoms with Crippen LogP contribution in [0.15, 0.2) is 42.7 Å². The number of ether oxygens (including phenoxy) is 1. The molecule has 2 aliphatic rings. The van der Waals surface area contributed by atoms with Crippen LogP contribution < -0.4 is 26.4 Å². The number of imidazole rings is 1. The average molecular weight is 448 g/mol. The molecule has 11 nitrogen and oxygen atoms in total. The molecule has 1 saturated carbocycles. The van der Waals surface area contributed by atoms with E-state index < -0.39 is 0 Å². The molecule has 11 heteroatoms. The summed E-state index contributed by atoms with van der Waals surface area (Å²) >= 11 is 0. The quantitative estimate of drug-likeness (QED) is 0.322. The van der Waals surface area contributed by atoms with Crippen LogP contribution in [0, 0.1) is 17.8 Å². The summed E-state index contributed by atoms with van der Waals surface area (Å²) in [4.78, 5) is 40.0. The number of rotatable bonds is 8. The number of allylic oxidation sites excluding steroid dienone is 1. The number of benzene rings is 1. The summed E-state index contributed by atoms with van der Waals surface area (Å²) in [7, 11) is 1.55. The molecule has 0 aliphatic heterocycles. The molecule has 5 rings (SSSR count). The molecule has 0 spiro atoms. The number of nitrogens with zero attached hydrogens (tertiary/aromatic N) is 3. The Balaban J connectivity index is 1.39. The van der Waals surface area contributed by atoms with Crippen molar-refractivity contribution < 1.29 is 14.3 Å². The maximum Gasteiger partial charge on any atom is 0.257 e. The molecule has 2 bridgehead atoms. The van der Waals surface area contributed by atoms with Crippen LogP contribution in [0.4, 0.5) is 17.5 Å². The van der Waals surface area contributed by atoms with Crippen molar-refractivity contribution in [2.24, 2.45) is 23.5 Å². The number of aromatic nitrogens is 4. The molecule has 4 atom stereocenters. The Morgan fingerprint density at radius 1 is 1.24 bits per heavy atom. The molecule has 3 aromatic rings. The Labute approximate surface area is 189 Å². The molecule has 0 radical (unpaired) electrons. The fourth-order valence-corrected chi connectivity index (χ4v) is 4.57. The first kappa shape index (κ1) is 20.7. The lowest BCUT2D eigenvalue weighted by Gasteiger charge is -2.27. The summed E-state index contributed by atoms with van der Waals surface area (Å²) in [6.07, 6.45) is 6.66. The Morgan fingerprint density at radius 3 is 2.91 bits per heavy atom. The molecule has 0 unspecified atom stereocenters. The highest BCUT2D eigenvalue weighted by Gasteiger charge is 2.47. The molecule has 2 aromatic heterocycles. The summed E-state index contributed by atoms with van der Waals surface area (Å²) in [5, 5.41) is 9.10. The van der Waals surface area contributed by atoms with Gasteiger partial charge < -0.3 is 31.4 Å². The fourth-order valence-electron chi connectivity index (χ4n) is 4.57. The molecule has 33 heavy (non-hydrogen) atoms. The summed E-state index contributed by atoms with van der Waals surface area (Å²) in [5.41, 5.74) is 7.52. The van der Waals surface area contributed by atoms with Crippen molar-refractivity contribution in [1.29, 1.82) is 0 Å². The number of anilines is 3. The minimum atomic E-state index is -0.314. The second-order valence-corrected chi connectivity index (χ2v) is 8.16. The second-order valence-electron chi connectivity index (χ2n) is 8.16. The van der Waals surface area contributed by atoms with E-state index in [1.54, 1.807) is 31.6 Å². The number of carbonyl (C=O) groups excluding carboxylic acids is 2. The molecular formula is C22H24N8O3. The number of aromatic amines is 1. The van der Waals surface area contributed by atoms with E-state index in [9.17, 15) is 9.59 Å². The predicted octanol–water partition coefficient (Wildman–Crippen LogP) is 1.31. The maximum absolute atomic E-state index is 12.1. The number of carbonyl (C=O) groups is 2. The smallest absolute Gasteiger partial charge is 0.257 e. The van der Waals surface area contributed by atoms with Crippen molar-refractivity contribution in [1.82, 2.24) is 25.3 Å². The van der Waals surface area contributed by atoms with Crippen molar-refractivity contribution in [3.8, 4) is 5.75 Å². The third-order valence-corrected chi connectivity index (χ3v) is 6.12. The van der Waals surface area contributed by atoms with E-state index in [1.807, 2.05) is 6.07 Å². The molecule has 2 heterocycles. The van der Waals surface area contributed by atoms with Crippen LogP contribution in [0.5, 0.6) is 5.75 Å². The monoisotopic (exact) mass is 448 g/mol. The van der Waals surface area contributed by atoms with Gasteiger partial charge in [-0.2, -0.15) is 9.97 Å². The van der Waals surface area contributed by atoms with Gasteiger partial charge in [-0.05, 0) is 30.4 Å². The van der Waals surface area contributed by atoms with Gasteiger partial charge in [-0.1, -0.05) is 18.2 Å². The minimum absolute atomic E-state index is 0.0806. The van der Waals surface area contributed by atoms with E-state index >= 15 is 0 Å². The first-order valence-electron chi connectivity index (χ1n) is 10.7. The van der Waals surface area contributed by atoms with E-state index in [0.717, 1.165) is 6.42 Å². The van der Waals surface area contributed by atoms with Gasteiger partial charge >= 0.3 is 0 Å². The minimum Gasteiger partial charge on any atom is -0.484 e. The molecule has 1 fully saturated rings. The number of likely N-dealkylation sites (N-methyl/N-ethyl adjacent to an activating group) is 1. The number of H-pyrrole nitrogens is 1. The van der Waals surface area contributed by atoms with Crippen molar-refractivity contribution in [3.05, 3.63) is 42.7 Å². The van der Waals surface area contributed by atoms with Crippen LogP contribution in [-0.4, -0.2) is 51.4 Å². The third kappa shape index (κ3) is 4.04. The first-order valence-corrected chi connectivity index (χ1v) is 10.7. The lowest BCUT2D eigenvalue weighted by molar-refractivity contribution is -0.123. The standard InChI is InChI=1S/C22H24N8O3/c1-24-15(31)9-33-14-4-2-3-13(8-14)27-22-29-20-18(25-10-26-20)21(30-22)28-17-12-6-5-11(7-12)16(17)19(23)32/h2-6,8,10-12,16-17H,7,9H2,1H3,(H2,23,32)(H,24,31)(H3,25,26,27,28,29,30)/t11-,12+,16+,17-/m1/s1. The maximum atomic E-state index is 12.1. The lowest BCUT2D eigenvalue weighted by atomic mass is 9.88. The normalized spacial score (nSPS) is 22.9. The van der Waals surface area contributed by atoms with Gasteiger partial charge in [0.2, 0.25) is 11.9 Å². The molecule has 1 aromatic carbocycles. The molecule has 2 aliphatic carbocycles. The molecule has 0 saturated heterocycles. The molecule has 170 valence electrons. The van der Waals surface area contributed by atoms with Gasteiger partial charge in [0.1, 0.15) is 11.3 Å². The number of nitrogens with two attached hydrogens (primary N) is 1. The zero-order valence-corrected chi connectivity index (χ0v) is 17.9. The summed E-state index contributed by atoms with van der Waals surface area (Å²) in [6, 6.07) is 6.99. The van der Waals surface area contributed by atoms with Gasteiger partial charge in [0, 0.05) is 24.8 Å². The Morgan fingerprint density at radius 2 is 2.09 bits per heavy atom. The third-order valence-electron chi connectivity index (χ3n) is 6.12. The van der Waals surface area contributed by atoms with Crippen LogP contribution in [-0.2, 0) is 9.59 Å². The van der Waals surface area contributed by atoms with Gasteiger partial charge in [-0.15, -0.1) is 0 Å². The zero-order valence-electron chi connectivity index (χ0n) is 17.9. The first-order chi connectivity index (χ1) is 16.0. The largest absolute Gasteiger partial charge is 0.484 e.